The lowest BCUT2D eigenvalue weighted by Crippen LogP contribution is -2.46. The second-order valence-corrected chi connectivity index (χ2v) is 4.93. The molecule has 6 heteroatoms. The van der Waals surface area contributed by atoms with E-state index in [1.165, 1.54) is 0 Å². The molecule has 0 saturated heterocycles. The minimum atomic E-state index is -0.889. The third kappa shape index (κ3) is 4.37. The smallest absolute Gasteiger partial charge is 0.317 e. The Morgan fingerprint density at radius 3 is 2.72 bits per heavy atom. The zero-order valence-corrected chi connectivity index (χ0v) is 11.5. The van der Waals surface area contributed by atoms with Crippen LogP contribution in [0.1, 0.15) is 26.5 Å². The Bertz CT molecular complexity index is 395. The van der Waals surface area contributed by atoms with Gasteiger partial charge in [0.15, 0.2) is 0 Å². The standard InChI is InChI=1S/C12H22N4O2/c1-5-16(9-12(2,3)18)11(17)13-8-10-6-7-14-15(10)4/h6-7,18H,5,8-9H2,1-4H3,(H,13,17). The highest BCUT2D eigenvalue weighted by Crippen LogP contribution is 2.05. The van der Waals surface area contributed by atoms with Gasteiger partial charge in [0.2, 0.25) is 0 Å². The molecule has 0 aromatic carbocycles. The Labute approximate surface area is 108 Å². The number of carbonyl (C=O) groups is 1. The minimum absolute atomic E-state index is 0.180. The molecule has 0 aliphatic rings. The summed E-state index contributed by atoms with van der Waals surface area (Å²) in [6.45, 7) is 6.54. The van der Waals surface area contributed by atoms with E-state index in [0.717, 1.165) is 5.69 Å². The van der Waals surface area contributed by atoms with Gasteiger partial charge in [0, 0.05) is 19.8 Å². The van der Waals surface area contributed by atoms with Crippen LogP contribution in [-0.2, 0) is 13.6 Å². The average molecular weight is 254 g/mol. The van der Waals surface area contributed by atoms with Crippen LogP contribution in [0.2, 0.25) is 0 Å². The fraction of sp³-hybridized carbons (Fsp3) is 0.667. The quantitative estimate of drug-likeness (QED) is 0.813. The number of carbonyl (C=O) groups excluding carboxylic acids is 1. The van der Waals surface area contributed by atoms with Crippen LogP contribution in [0.4, 0.5) is 4.79 Å². The summed E-state index contributed by atoms with van der Waals surface area (Å²) in [5, 5.41) is 16.6. The van der Waals surface area contributed by atoms with Crippen LogP contribution >= 0.6 is 0 Å². The Kier molecular flexibility index (Phi) is 4.72. The number of hydrogen-bond donors (Lipinski definition) is 2. The number of amides is 2. The molecule has 0 aliphatic carbocycles. The highest BCUT2D eigenvalue weighted by Gasteiger charge is 2.21. The predicted octanol–water partition coefficient (Wildman–Crippen LogP) is 0.722. The van der Waals surface area contributed by atoms with E-state index in [9.17, 15) is 9.90 Å². The van der Waals surface area contributed by atoms with Crippen LogP contribution in [0.5, 0.6) is 0 Å². The van der Waals surface area contributed by atoms with E-state index in [1.54, 1.807) is 29.6 Å². The molecular formula is C12H22N4O2. The van der Waals surface area contributed by atoms with Gasteiger partial charge in [0.05, 0.1) is 24.4 Å². The molecule has 1 aromatic rings. The maximum Gasteiger partial charge on any atom is 0.317 e. The van der Waals surface area contributed by atoms with Crippen molar-refractivity contribution in [2.45, 2.75) is 32.9 Å². The maximum atomic E-state index is 11.9. The summed E-state index contributed by atoms with van der Waals surface area (Å²) >= 11 is 0. The van der Waals surface area contributed by atoms with Crippen molar-refractivity contribution in [3.05, 3.63) is 18.0 Å². The lowest BCUT2D eigenvalue weighted by atomic mass is 10.1. The number of aliphatic hydroxyl groups is 1. The first-order chi connectivity index (χ1) is 8.33. The van der Waals surface area contributed by atoms with Gasteiger partial charge in [-0.2, -0.15) is 5.10 Å². The van der Waals surface area contributed by atoms with Gasteiger partial charge in [-0.25, -0.2) is 4.79 Å². The van der Waals surface area contributed by atoms with Crippen molar-refractivity contribution in [1.82, 2.24) is 20.0 Å². The Morgan fingerprint density at radius 2 is 2.28 bits per heavy atom. The van der Waals surface area contributed by atoms with Crippen LogP contribution in [0, 0.1) is 0 Å². The fourth-order valence-corrected chi connectivity index (χ4v) is 1.65. The first kappa shape index (κ1) is 14.5. The van der Waals surface area contributed by atoms with E-state index < -0.39 is 5.60 Å². The zero-order valence-electron chi connectivity index (χ0n) is 11.5. The van der Waals surface area contributed by atoms with Crippen LogP contribution in [0.3, 0.4) is 0 Å². The molecule has 0 radical (unpaired) electrons. The van der Waals surface area contributed by atoms with E-state index >= 15 is 0 Å². The Balaban J connectivity index is 2.51. The summed E-state index contributed by atoms with van der Waals surface area (Å²) in [6, 6.07) is 1.67. The number of rotatable bonds is 5. The van der Waals surface area contributed by atoms with Gasteiger partial charge in [0.25, 0.3) is 0 Å². The van der Waals surface area contributed by atoms with Crippen LogP contribution in [0.15, 0.2) is 12.3 Å². The molecule has 0 unspecified atom stereocenters. The number of aryl methyl sites for hydroxylation is 1. The van der Waals surface area contributed by atoms with Gasteiger partial charge in [-0.15, -0.1) is 0 Å². The molecule has 6 nitrogen and oxygen atoms in total. The van der Waals surface area contributed by atoms with Gasteiger partial charge in [-0.1, -0.05) is 0 Å². The number of nitrogens with one attached hydrogen (secondary N) is 1. The molecule has 102 valence electrons. The van der Waals surface area contributed by atoms with Gasteiger partial charge in [0.1, 0.15) is 0 Å². The molecule has 0 saturated carbocycles. The van der Waals surface area contributed by atoms with Crippen molar-refractivity contribution in [3.8, 4) is 0 Å². The Hall–Kier alpha value is -1.56. The lowest BCUT2D eigenvalue weighted by Gasteiger charge is -2.28. The molecule has 2 N–H and O–H groups in total. The summed E-state index contributed by atoms with van der Waals surface area (Å²) < 4.78 is 1.71. The molecule has 1 heterocycles. The molecule has 0 atom stereocenters. The molecule has 0 aliphatic heterocycles. The van der Waals surface area contributed by atoms with Crippen LogP contribution < -0.4 is 5.32 Å². The highest BCUT2D eigenvalue weighted by atomic mass is 16.3. The van der Waals surface area contributed by atoms with E-state index in [4.69, 9.17) is 0 Å². The monoisotopic (exact) mass is 254 g/mol. The van der Waals surface area contributed by atoms with E-state index in [2.05, 4.69) is 10.4 Å². The minimum Gasteiger partial charge on any atom is -0.389 e. The summed E-state index contributed by atoms with van der Waals surface area (Å²) in [6.07, 6.45) is 1.69. The molecule has 1 rings (SSSR count). The number of nitrogens with zero attached hydrogens (tertiary/aromatic N) is 3. The first-order valence-electron chi connectivity index (χ1n) is 6.05. The summed E-state index contributed by atoms with van der Waals surface area (Å²) in [4.78, 5) is 13.5. The van der Waals surface area contributed by atoms with Crippen molar-refractivity contribution in [2.75, 3.05) is 13.1 Å². The highest BCUT2D eigenvalue weighted by molar-refractivity contribution is 5.74. The van der Waals surface area contributed by atoms with Crippen molar-refractivity contribution >= 4 is 6.03 Å². The molecule has 18 heavy (non-hydrogen) atoms. The van der Waals surface area contributed by atoms with Crippen molar-refractivity contribution in [1.29, 1.82) is 0 Å². The van der Waals surface area contributed by atoms with Crippen molar-refractivity contribution < 1.29 is 9.90 Å². The van der Waals surface area contributed by atoms with Gasteiger partial charge in [-0.05, 0) is 26.8 Å². The second kappa shape index (κ2) is 5.86. The topological polar surface area (TPSA) is 70.4 Å². The third-order valence-corrected chi connectivity index (χ3v) is 2.59. The second-order valence-electron chi connectivity index (χ2n) is 4.93. The van der Waals surface area contributed by atoms with E-state index in [0.29, 0.717) is 19.6 Å². The molecule has 2 amide bonds. The molecular weight excluding hydrogens is 232 g/mol. The molecule has 0 bridgehead atoms. The summed E-state index contributed by atoms with van der Waals surface area (Å²) in [7, 11) is 1.83. The average Bonchev–Trinajstić information content (AvgIpc) is 2.67. The third-order valence-electron chi connectivity index (χ3n) is 2.59. The van der Waals surface area contributed by atoms with Crippen molar-refractivity contribution in [3.63, 3.8) is 0 Å². The summed E-state index contributed by atoms with van der Waals surface area (Å²) in [5.74, 6) is 0. The van der Waals surface area contributed by atoms with E-state index in [1.807, 2.05) is 20.0 Å². The zero-order chi connectivity index (χ0) is 13.8. The largest absolute Gasteiger partial charge is 0.389 e. The number of urea groups is 1. The van der Waals surface area contributed by atoms with Crippen LogP contribution in [0.25, 0.3) is 0 Å². The maximum absolute atomic E-state index is 11.9. The number of aromatic nitrogens is 2. The van der Waals surface area contributed by atoms with Crippen LogP contribution in [-0.4, -0.2) is 44.5 Å². The number of likely N-dealkylation sites (N-methyl/N-ethyl adjacent to an activating group) is 1. The molecule has 0 fully saturated rings. The predicted molar refractivity (Wildman–Crippen MR) is 69.0 cm³/mol. The molecule has 1 aromatic heterocycles. The van der Waals surface area contributed by atoms with E-state index in [-0.39, 0.29) is 6.03 Å². The first-order valence-corrected chi connectivity index (χ1v) is 6.05. The van der Waals surface area contributed by atoms with Gasteiger partial charge in [-0.3, -0.25) is 4.68 Å². The Morgan fingerprint density at radius 1 is 1.61 bits per heavy atom. The van der Waals surface area contributed by atoms with Crippen molar-refractivity contribution in [2.24, 2.45) is 7.05 Å². The van der Waals surface area contributed by atoms with Gasteiger partial charge < -0.3 is 15.3 Å². The number of hydrogen-bond acceptors (Lipinski definition) is 3. The fourth-order valence-electron chi connectivity index (χ4n) is 1.65. The summed E-state index contributed by atoms with van der Waals surface area (Å²) in [5.41, 5.74) is 0.0440. The normalized spacial score (nSPS) is 11.4. The SMILES string of the molecule is CCN(CC(C)(C)O)C(=O)NCc1ccnn1C. The van der Waals surface area contributed by atoms with Gasteiger partial charge >= 0.3 is 6.03 Å². The molecule has 0 spiro atoms. The lowest BCUT2D eigenvalue weighted by molar-refractivity contribution is 0.0479.